The van der Waals surface area contributed by atoms with Crippen molar-refractivity contribution in [2.24, 2.45) is 0 Å². The van der Waals surface area contributed by atoms with Gasteiger partial charge in [-0.2, -0.15) is 5.26 Å². The van der Waals surface area contributed by atoms with Crippen LogP contribution in [0.2, 0.25) is 0 Å². The van der Waals surface area contributed by atoms with Crippen molar-refractivity contribution in [3.05, 3.63) is 23.8 Å². The molecule has 0 saturated heterocycles. The SMILES string of the molecule is COc1cc(OC)cc(C(=O)NCCCNC(=O)CC#N)c1. The molecular formula is C15H19N3O4. The summed E-state index contributed by atoms with van der Waals surface area (Å²) in [6, 6.07) is 6.68. The molecule has 0 heterocycles. The normalized spacial score (nSPS) is 9.50. The molecular weight excluding hydrogens is 286 g/mol. The standard InChI is InChI=1S/C15H19N3O4/c1-21-12-8-11(9-13(10-12)22-2)15(20)18-7-3-6-17-14(19)4-5-16/h8-10H,3-4,6-7H2,1-2H3,(H,17,19)(H,18,20). The molecule has 22 heavy (non-hydrogen) atoms. The Kier molecular flexibility index (Phi) is 7.26. The smallest absolute Gasteiger partial charge is 0.251 e. The third-order valence-corrected chi connectivity index (χ3v) is 2.81. The van der Waals surface area contributed by atoms with Gasteiger partial charge in [0.2, 0.25) is 5.91 Å². The predicted octanol–water partition coefficient (Wildman–Crippen LogP) is 0.854. The monoisotopic (exact) mass is 305 g/mol. The van der Waals surface area contributed by atoms with E-state index in [0.29, 0.717) is 36.6 Å². The molecule has 0 aromatic heterocycles. The lowest BCUT2D eigenvalue weighted by molar-refractivity contribution is -0.120. The lowest BCUT2D eigenvalue weighted by Gasteiger charge is -2.09. The maximum absolute atomic E-state index is 12.0. The van der Waals surface area contributed by atoms with Crippen molar-refractivity contribution in [3.8, 4) is 17.6 Å². The van der Waals surface area contributed by atoms with Gasteiger partial charge in [0, 0.05) is 24.7 Å². The summed E-state index contributed by atoms with van der Waals surface area (Å²) >= 11 is 0. The highest BCUT2D eigenvalue weighted by Gasteiger charge is 2.09. The number of hydrogen-bond acceptors (Lipinski definition) is 5. The Balaban J connectivity index is 2.42. The first-order valence-corrected chi connectivity index (χ1v) is 6.75. The Morgan fingerprint density at radius 2 is 1.68 bits per heavy atom. The van der Waals surface area contributed by atoms with Crippen LogP contribution in [0.3, 0.4) is 0 Å². The van der Waals surface area contributed by atoms with Crippen LogP contribution in [0.4, 0.5) is 0 Å². The van der Waals surface area contributed by atoms with Gasteiger partial charge in [-0.3, -0.25) is 9.59 Å². The topological polar surface area (TPSA) is 100 Å². The first-order chi connectivity index (χ1) is 10.6. The van der Waals surface area contributed by atoms with E-state index in [4.69, 9.17) is 14.7 Å². The fraction of sp³-hybridized carbons (Fsp3) is 0.400. The molecule has 1 aromatic rings. The van der Waals surface area contributed by atoms with Gasteiger partial charge < -0.3 is 20.1 Å². The fourth-order valence-corrected chi connectivity index (χ4v) is 1.69. The van der Waals surface area contributed by atoms with Gasteiger partial charge in [0.05, 0.1) is 20.3 Å². The van der Waals surface area contributed by atoms with E-state index in [1.54, 1.807) is 24.3 Å². The number of nitriles is 1. The van der Waals surface area contributed by atoms with E-state index in [0.717, 1.165) is 0 Å². The summed E-state index contributed by atoms with van der Waals surface area (Å²) in [6.07, 6.45) is 0.417. The van der Waals surface area contributed by atoms with Crippen LogP contribution in [0.5, 0.6) is 11.5 Å². The zero-order valence-electron chi connectivity index (χ0n) is 12.6. The molecule has 7 nitrogen and oxygen atoms in total. The van der Waals surface area contributed by atoms with E-state index in [1.165, 1.54) is 14.2 Å². The number of rotatable bonds is 8. The summed E-state index contributed by atoms with van der Waals surface area (Å²) in [7, 11) is 3.03. The second-order valence-electron chi connectivity index (χ2n) is 4.40. The largest absolute Gasteiger partial charge is 0.497 e. The molecule has 7 heteroatoms. The lowest BCUT2D eigenvalue weighted by atomic mass is 10.2. The number of amides is 2. The van der Waals surface area contributed by atoms with Crippen molar-refractivity contribution in [3.63, 3.8) is 0 Å². The van der Waals surface area contributed by atoms with Crippen LogP contribution in [0.15, 0.2) is 18.2 Å². The van der Waals surface area contributed by atoms with Gasteiger partial charge in [0.1, 0.15) is 17.9 Å². The van der Waals surface area contributed by atoms with Crippen LogP contribution in [0.1, 0.15) is 23.2 Å². The van der Waals surface area contributed by atoms with E-state index in [9.17, 15) is 9.59 Å². The third-order valence-electron chi connectivity index (χ3n) is 2.81. The number of nitrogens with zero attached hydrogens (tertiary/aromatic N) is 1. The van der Waals surface area contributed by atoms with E-state index in [-0.39, 0.29) is 18.2 Å². The van der Waals surface area contributed by atoms with Crippen molar-refractivity contribution < 1.29 is 19.1 Å². The second-order valence-corrected chi connectivity index (χ2v) is 4.40. The number of benzene rings is 1. The van der Waals surface area contributed by atoms with E-state index < -0.39 is 0 Å². The maximum Gasteiger partial charge on any atom is 0.251 e. The Bertz CT molecular complexity index is 544. The molecule has 0 saturated carbocycles. The minimum absolute atomic E-state index is 0.157. The molecule has 0 radical (unpaired) electrons. The molecule has 0 aliphatic carbocycles. The summed E-state index contributed by atoms with van der Waals surface area (Å²) in [5.74, 6) is 0.508. The summed E-state index contributed by atoms with van der Waals surface area (Å²) in [5.41, 5.74) is 0.435. The number of methoxy groups -OCH3 is 2. The molecule has 2 amide bonds. The van der Waals surface area contributed by atoms with Crippen LogP contribution in [0, 0.1) is 11.3 Å². The van der Waals surface area contributed by atoms with Gasteiger partial charge in [-0.15, -0.1) is 0 Å². The van der Waals surface area contributed by atoms with Gasteiger partial charge >= 0.3 is 0 Å². The lowest BCUT2D eigenvalue weighted by Crippen LogP contribution is -2.29. The quantitative estimate of drug-likeness (QED) is 0.694. The Morgan fingerprint density at radius 3 is 2.23 bits per heavy atom. The Labute approximate surface area is 129 Å². The fourth-order valence-electron chi connectivity index (χ4n) is 1.69. The minimum Gasteiger partial charge on any atom is -0.497 e. The molecule has 2 N–H and O–H groups in total. The molecule has 0 atom stereocenters. The highest BCUT2D eigenvalue weighted by Crippen LogP contribution is 2.22. The van der Waals surface area contributed by atoms with Crippen LogP contribution < -0.4 is 20.1 Å². The molecule has 0 unspecified atom stereocenters. The first kappa shape index (κ1) is 17.3. The summed E-state index contributed by atoms with van der Waals surface area (Å²) in [6.45, 7) is 0.813. The van der Waals surface area contributed by atoms with E-state index in [2.05, 4.69) is 10.6 Å². The van der Waals surface area contributed by atoms with Crippen molar-refractivity contribution >= 4 is 11.8 Å². The van der Waals surface area contributed by atoms with Crippen molar-refractivity contribution in [1.82, 2.24) is 10.6 Å². The molecule has 0 aliphatic rings. The minimum atomic E-state index is -0.314. The van der Waals surface area contributed by atoms with Gasteiger partial charge in [0.25, 0.3) is 5.91 Å². The number of nitrogens with one attached hydrogen (secondary N) is 2. The highest BCUT2D eigenvalue weighted by atomic mass is 16.5. The van der Waals surface area contributed by atoms with Gasteiger partial charge in [-0.1, -0.05) is 0 Å². The molecule has 0 aliphatic heterocycles. The molecule has 1 aromatic carbocycles. The van der Waals surface area contributed by atoms with Gasteiger partial charge in [-0.25, -0.2) is 0 Å². The highest BCUT2D eigenvalue weighted by molar-refractivity contribution is 5.95. The van der Waals surface area contributed by atoms with Crippen LogP contribution in [0.25, 0.3) is 0 Å². The third kappa shape index (κ3) is 5.71. The predicted molar refractivity (Wildman–Crippen MR) is 79.7 cm³/mol. The number of carbonyl (C=O) groups excluding carboxylic acids is 2. The van der Waals surface area contributed by atoms with Gasteiger partial charge in [0.15, 0.2) is 0 Å². The summed E-state index contributed by atoms with van der Waals surface area (Å²) in [4.78, 5) is 23.1. The van der Waals surface area contributed by atoms with Crippen LogP contribution in [-0.4, -0.2) is 39.1 Å². The van der Waals surface area contributed by atoms with Crippen molar-refractivity contribution in [2.45, 2.75) is 12.8 Å². The van der Waals surface area contributed by atoms with Crippen molar-refractivity contribution in [2.75, 3.05) is 27.3 Å². The Hall–Kier alpha value is -2.75. The second kappa shape index (κ2) is 9.23. The maximum atomic E-state index is 12.0. The molecule has 0 fully saturated rings. The number of hydrogen-bond donors (Lipinski definition) is 2. The summed E-state index contributed by atoms with van der Waals surface area (Å²) < 4.78 is 10.2. The van der Waals surface area contributed by atoms with Gasteiger partial charge in [-0.05, 0) is 18.6 Å². The molecule has 0 bridgehead atoms. The van der Waals surface area contributed by atoms with Crippen molar-refractivity contribution in [1.29, 1.82) is 5.26 Å². The number of carbonyl (C=O) groups is 2. The van der Waals surface area contributed by atoms with Crippen LogP contribution >= 0.6 is 0 Å². The summed E-state index contributed by atoms with van der Waals surface area (Å²) in [5, 5.41) is 13.7. The average Bonchev–Trinajstić information content (AvgIpc) is 2.53. The average molecular weight is 305 g/mol. The Morgan fingerprint density at radius 1 is 1.09 bits per heavy atom. The van der Waals surface area contributed by atoms with Crippen LogP contribution in [-0.2, 0) is 4.79 Å². The number of ether oxygens (including phenoxy) is 2. The molecule has 118 valence electrons. The van der Waals surface area contributed by atoms with E-state index >= 15 is 0 Å². The zero-order valence-corrected chi connectivity index (χ0v) is 12.6. The van der Waals surface area contributed by atoms with E-state index in [1.807, 2.05) is 0 Å². The first-order valence-electron chi connectivity index (χ1n) is 6.75. The molecule has 0 spiro atoms. The zero-order chi connectivity index (χ0) is 16.4. The molecule has 1 rings (SSSR count).